The van der Waals surface area contributed by atoms with Crippen LogP contribution < -0.4 is 0 Å². The predicted octanol–water partition coefficient (Wildman–Crippen LogP) is 3.20. The molecule has 2 aromatic rings. The van der Waals surface area contributed by atoms with Crippen molar-refractivity contribution in [2.24, 2.45) is 5.92 Å². The molecule has 0 saturated heterocycles. The highest BCUT2D eigenvalue weighted by Crippen LogP contribution is 2.37. The number of ether oxygens (including phenoxy) is 1. The van der Waals surface area contributed by atoms with Crippen molar-refractivity contribution in [3.05, 3.63) is 71.3 Å². The topological polar surface area (TPSA) is 49.8 Å². The van der Waals surface area contributed by atoms with Crippen molar-refractivity contribution in [1.29, 1.82) is 0 Å². The molecular formula is C20H23NO3. The lowest BCUT2D eigenvalue weighted by molar-refractivity contribution is 0.0658. The molecule has 4 heteroatoms. The smallest absolute Gasteiger partial charge is 0.410 e. The zero-order valence-electron chi connectivity index (χ0n) is 13.9. The van der Waals surface area contributed by atoms with E-state index in [1.165, 1.54) is 12.7 Å². The summed E-state index contributed by atoms with van der Waals surface area (Å²) in [6.45, 7) is 0.626. The van der Waals surface area contributed by atoms with Crippen LogP contribution in [0.15, 0.2) is 54.6 Å². The fourth-order valence-corrected chi connectivity index (χ4v) is 3.62. The van der Waals surface area contributed by atoms with E-state index in [9.17, 15) is 9.90 Å². The third-order valence-corrected chi connectivity index (χ3v) is 4.76. The van der Waals surface area contributed by atoms with E-state index in [2.05, 4.69) is 24.3 Å². The predicted molar refractivity (Wildman–Crippen MR) is 92.7 cm³/mol. The maximum absolute atomic E-state index is 12.3. The summed E-state index contributed by atoms with van der Waals surface area (Å²) in [5.41, 5.74) is 3.52. The number of nitrogens with zero attached hydrogens (tertiary/aromatic N) is 1. The Hall–Kier alpha value is -2.33. The average Bonchev–Trinajstić information content (AvgIpc) is 2.65. The lowest BCUT2D eigenvalue weighted by atomic mass is 9.82. The number of aliphatic hydroxyl groups excluding tert-OH is 1. The zero-order valence-corrected chi connectivity index (χ0v) is 13.9. The van der Waals surface area contributed by atoms with Gasteiger partial charge in [0.25, 0.3) is 0 Å². The van der Waals surface area contributed by atoms with Crippen molar-refractivity contribution in [2.75, 3.05) is 20.3 Å². The number of aliphatic hydroxyl groups is 1. The molecule has 0 saturated carbocycles. The number of hydrogen-bond acceptors (Lipinski definition) is 3. The Bertz CT molecular complexity index is 686. The number of fused-ring (bicyclic) bond motifs is 1. The normalized spacial score (nSPS) is 17.9. The summed E-state index contributed by atoms with van der Waals surface area (Å²) in [4.78, 5) is 14.0. The number of amides is 1. The first-order chi connectivity index (χ1) is 11.7. The van der Waals surface area contributed by atoms with E-state index in [-0.39, 0.29) is 24.7 Å². The molecule has 0 spiro atoms. The van der Waals surface area contributed by atoms with Crippen LogP contribution >= 0.6 is 0 Å². The Morgan fingerprint density at radius 3 is 2.62 bits per heavy atom. The van der Waals surface area contributed by atoms with E-state index >= 15 is 0 Å². The van der Waals surface area contributed by atoms with Crippen LogP contribution in [0.1, 0.15) is 22.7 Å². The molecule has 2 atom stereocenters. The number of carbonyl (C=O) groups excluding carboxylic acids is 1. The van der Waals surface area contributed by atoms with Crippen molar-refractivity contribution in [3.63, 3.8) is 0 Å². The van der Waals surface area contributed by atoms with Crippen LogP contribution in [0.3, 0.4) is 0 Å². The molecule has 1 aliphatic rings. The van der Waals surface area contributed by atoms with Crippen LogP contribution in [-0.4, -0.2) is 36.4 Å². The molecule has 0 bridgehead atoms. The minimum atomic E-state index is -0.332. The number of benzene rings is 2. The monoisotopic (exact) mass is 325 g/mol. The largest absolute Gasteiger partial charge is 0.453 e. The molecule has 1 heterocycles. The molecule has 126 valence electrons. The molecule has 0 aromatic heterocycles. The van der Waals surface area contributed by atoms with Gasteiger partial charge < -0.3 is 14.7 Å². The Morgan fingerprint density at radius 2 is 1.92 bits per heavy atom. The summed E-state index contributed by atoms with van der Waals surface area (Å²) >= 11 is 0. The number of methoxy groups -OCH3 is 1. The highest BCUT2D eigenvalue weighted by atomic mass is 16.5. The minimum Gasteiger partial charge on any atom is -0.453 e. The lowest BCUT2D eigenvalue weighted by Gasteiger charge is -2.40. The third-order valence-electron chi connectivity index (χ3n) is 4.76. The van der Waals surface area contributed by atoms with Gasteiger partial charge in [-0.05, 0) is 29.5 Å². The van der Waals surface area contributed by atoms with E-state index in [1.807, 2.05) is 30.3 Å². The molecule has 2 unspecified atom stereocenters. The molecule has 0 radical (unpaired) electrons. The van der Waals surface area contributed by atoms with E-state index in [1.54, 1.807) is 4.90 Å². The van der Waals surface area contributed by atoms with Gasteiger partial charge in [0.05, 0.1) is 13.2 Å². The maximum Gasteiger partial charge on any atom is 0.410 e. The molecule has 0 aliphatic carbocycles. The molecular weight excluding hydrogens is 302 g/mol. The summed E-state index contributed by atoms with van der Waals surface area (Å²) in [5.74, 6) is -0.0760. The maximum atomic E-state index is 12.3. The highest BCUT2D eigenvalue weighted by molar-refractivity contribution is 5.69. The molecule has 1 aliphatic heterocycles. The first kappa shape index (κ1) is 16.5. The van der Waals surface area contributed by atoms with Gasteiger partial charge in [0.1, 0.15) is 0 Å². The van der Waals surface area contributed by atoms with Crippen molar-refractivity contribution < 1.29 is 14.6 Å². The van der Waals surface area contributed by atoms with Gasteiger partial charge in [-0.15, -0.1) is 0 Å². The van der Waals surface area contributed by atoms with Gasteiger partial charge in [-0.25, -0.2) is 4.79 Å². The molecule has 2 aromatic carbocycles. The molecule has 1 amide bonds. The second kappa shape index (κ2) is 7.49. The van der Waals surface area contributed by atoms with E-state index < -0.39 is 0 Å². The summed E-state index contributed by atoms with van der Waals surface area (Å²) in [5, 5.41) is 10.1. The molecule has 4 nitrogen and oxygen atoms in total. The first-order valence-corrected chi connectivity index (χ1v) is 8.31. The summed E-state index contributed by atoms with van der Waals surface area (Å²) in [6.07, 6.45) is 1.19. The molecule has 24 heavy (non-hydrogen) atoms. The quantitative estimate of drug-likeness (QED) is 0.939. The van der Waals surface area contributed by atoms with Crippen LogP contribution in [0.2, 0.25) is 0 Å². The summed E-state index contributed by atoms with van der Waals surface area (Å²) in [7, 11) is 1.41. The Morgan fingerprint density at radius 1 is 1.21 bits per heavy atom. The molecule has 3 rings (SSSR count). The van der Waals surface area contributed by atoms with Crippen molar-refractivity contribution in [3.8, 4) is 0 Å². The molecule has 1 N–H and O–H groups in total. The average molecular weight is 325 g/mol. The summed E-state index contributed by atoms with van der Waals surface area (Å²) in [6, 6.07) is 18.1. The Balaban J connectivity index is 1.96. The van der Waals surface area contributed by atoms with E-state index in [0.29, 0.717) is 13.0 Å². The van der Waals surface area contributed by atoms with Crippen molar-refractivity contribution in [2.45, 2.75) is 18.9 Å². The fourth-order valence-electron chi connectivity index (χ4n) is 3.62. The van der Waals surface area contributed by atoms with Crippen LogP contribution in [0.25, 0.3) is 0 Å². The van der Waals surface area contributed by atoms with Crippen LogP contribution in [0, 0.1) is 5.92 Å². The van der Waals surface area contributed by atoms with Gasteiger partial charge in [-0.3, -0.25) is 0 Å². The summed E-state index contributed by atoms with van der Waals surface area (Å²) < 4.78 is 4.99. The number of carbonyl (C=O) groups is 1. The van der Waals surface area contributed by atoms with E-state index in [4.69, 9.17) is 4.74 Å². The van der Waals surface area contributed by atoms with Crippen LogP contribution in [0.5, 0.6) is 0 Å². The number of rotatable bonds is 4. The Labute approximate surface area is 142 Å². The Kier molecular flexibility index (Phi) is 5.16. The van der Waals surface area contributed by atoms with Crippen LogP contribution in [-0.2, 0) is 17.6 Å². The zero-order chi connectivity index (χ0) is 16.9. The van der Waals surface area contributed by atoms with Gasteiger partial charge in [0.15, 0.2) is 0 Å². The van der Waals surface area contributed by atoms with Crippen LogP contribution in [0.4, 0.5) is 4.79 Å². The standard InChI is InChI=1S/C20H23NO3/c1-24-20(23)21-12-11-16-9-5-6-10-18(16)19(21)17(14-22)13-15-7-3-2-4-8-15/h2-10,17,19,22H,11-14H2,1H3. The van der Waals surface area contributed by atoms with Gasteiger partial charge >= 0.3 is 6.09 Å². The first-order valence-electron chi connectivity index (χ1n) is 8.31. The van der Waals surface area contributed by atoms with Gasteiger partial charge in [0.2, 0.25) is 0 Å². The third kappa shape index (κ3) is 3.29. The van der Waals surface area contributed by atoms with Gasteiger partial charge in [-0.2, -0.15) is 0 Å². The minimum absolute atomic E-state index is 0.0153. The lowest BCUT2D eigenvalue weighted by Crippen LogP contribution is -2.44. The fraction of sp³-hybridized carbons (Fsp3) is 0.350. The number of hydrogen-bond donors (Lipinski definition) is 1. The van der Waals surface area contributed by atoms with E-state index in [0.717, 1.165) is 17.5 Å². The molecule has 0 fully saturated rings. The van der Waals surface area contributed by atoms with Gasteiger partial charge in [-0.1, -0.05) is 54.6 Å². The van der Waals surface area contributed by atoms with Crippen molar-refractivity contribution >= 4 is 6.09 Å². The van der Waals surface area contributed by atoms with Gasteiger partial charge in [0, 0.05) is 19.1 Å². The van der Waals surface area contributed by atoms with Crippen molar-refractivity contribution in [1.82, 2.24) is 4.90 Å². The second-order valence-electron chi connectivity index (χ2n) is 6.19. The SMILES string of the molecule is COC(=O)N1CCc2ccccc2C1C(CO)Cc1ccccc1. The highest BCUT2D eigenvalue weighted by Gasteiger charge is 2.36. The second-order valence-corrected chi connectivity index (χ2v) is 6.19.